The Balaban J connectivity index is 2.10. The molecule has 3 nitrogen and oxygen atoms in total. The lowest BCUT2D eigenvalue weighted by Gasteiger charge is -2.09. The van der Waals surface area contributed by atoms with E-state index >= 15 is 0 Å². The van der Waals surface area contributed by atoms with Crippen molar-refractivity contribution in [2.24, 2.45) is 0 Å². The van der Waals surface area contributed by atoms with E-state index in [-0.39, 0.29) is 5.56 Å². The van der Waals surface area contributed by atoms with E-state index in [9.17, 15) is 4.79 Å². The quantitative estimate of drug-likeness (QED) is 0.381. The highest BCUT2D eigenvalue weighted by atomic mass is 16.1. The fraction of sp³-hybridized carbons (Fsp3) is 0.0400. The second-order valence-electron chi connectivity index (χ2n) is 6.82. The van der Waals surface area contributed by atoms with Gasteiger partial charge in [-0.2, -0.15) is 0 Å². The molecule has 0 aliphatic rings. The first-order chi connectivity index (χ1) is 13.7. The van der Waals surface area contributed by atoms with Gasteiger partial charge in [-0.1, -0.05) is 43.0 Å². The molecule has 0 aliphatic carbocycles. The minimum Gasteiger partial charge on any atom is -0.275 e. The molecule has 0 saturated carbocycles. The molecular weight excluding hydrogens is 344 g/mol. The van der Waals surface area contributed by atoms with Gasteiger partial charge < -0.3 is 0 Å². The molecule has 0 saturated heterocycles. The highest BCUT2D eigenvalue weighted by molar-refractivity contribution is 6.15. The zero-order valence-corrected chi connectivity index (χ0v) is 15.5. The largest absolute Gasteiger partial charge is 0.275 e. The van der Waals surface area contributed by atoms with Gasteiger partial charge in [-0.05, 0) is 48.7 Å². The number of hydrogen-bond acceptors (Lipinski definition) is 2. The number of hydrogen-bond donors (Lipinski definition) is 0. The molecule has 134 valence electrons. The van der Waals surface area contributed by atoms with Gasteiger partial charge in [0.2, 0.25) is 0 Å². The molecule has 0 radical (unpaired) electrons. The van der Waals surface area contributed by atoms with Crippen LogP contribution in [0.25, 0.3) is 50.5 Å². The molecule has 3 heteroatoms. The van der Waals surface area contributed by atoms with E-state index in [1.54, 1.807) is 16.7 Å². The zero-order valence-electron chi connectivity index (χ0n) is 15.5. The van der Waals surface area contributed by atoms with Gasteiger partial charge in [-0.3, -0.25) is 14.2 Å². The van der Waals surface area contributed by atoms with Crippen LogP contribution in [0.1, 0.15) is 18.2 Å². The standard InChI is InChI=1S/C25H18N2O/c1-3-9-18-21-15-16(22-12-7-8-13-26-22)14-20-17-10-5-6-11-19(17)25(28)27(24(20)21)23(18)4-2/h3-15H,2H2,1H3/b9-3-. The van der Waals surface area contributed by atoms with Crippen LogP contribution in [0, 0.1) is 0 Å². The third-order valence-electron chi connectivity index (χ3n) is 5.28. The molecule has 0 amide bonds. The number of nitrogens with zero attached hydrogens (tertiary/aromatic N) is 2. The fourth-order valence-corrected chi connectivity index (χ4v) is 4.13. The van der Waals surface area contributed by atoms with Crippen molar-refractivity contribution in [2.75, 3.05) is 0 Å². The first-order valence-corrected chi connectivity index (χ1v) is 9.27. The lowest BCUT2D eigenvalue weighted by atomic mass is 9.99. The number of aromatic nitrogens is 2. The fourth-order valence-electron chi connectivity index (χ4n) is 4.13. The number of fused-ring (bicyclic) bond motifs is 2. The van der Waals surface area contributed by atoms with E-state index < -0.39 is 0 Å². The van der Waals surface area contributed by atoms with Crippen molar-refractivity contribution in [3.8, 4) is 11.3 Å². The number of benzene rings is 2. The van der Waals surface area contributed by atoms with Gasteiger partial charge in [0.1, 0.15) is 0 Å². The molecule has 3 heterocycles. The van der Waals surface area contributed by atoms with Crippen molar-refractivity contribution >= 4 is 39.2 Å². The Labute approximate surface area is 162 Å². The van der Waals surface area contributed by atoms with E-state index in [0.29, 0.717) is 5.39 Å². The van der Waals surface area contributed by atoms with Crippen molar-refractivity contribution in [2.45, 2.75) is 6.92 Å². The molecule has 0 spiro atoms. The van der Waals surface area contributed by atoms with Crippen LogP contribution in [0.4, 0.5) is 0 Å². The third kappa shape index (κ3) is 2.16. The van der Waals surface area contributed by atoms with Crippen LogP contribution in [-0.2, 0) is 0 Å². The predicted octanol–water partition coefficient (Wildman–Crippen LogP) is 5.78. The van der Waals surface area contributed by atoms with Gasteiger partial charge >= 0.3 is 0 Å². The summed E-state index contributed by atoms with van der Waals surface area (Å²) in [6.07, 6.45) is 7.61. The molecule has 28 heavy (non-hydrogen) atoms. The summed E-state index contributed by atoms with van der Waals surface area (Å²) in [5, 5.41) is 3.75. The Morgan fingerprint density at radius 2 is 1.71 bits per heavy atom. The average Bonchev–Trinajstić information content (AvgIpc) is 3.06. The summed E-state index contributed by atoms with van der Waals surface area (Å²) in [5.41, 5.74) is 4.70. The summed E-state index contributed by atoms with van der Waals surface area (Å²) in [4.78, 5) is 17.9. The summed E-state index contributed by atoms with van der Waals surface area (Å²) in [5.74, 6) is 0. The van der Waals surface area contributed by atoms with Gasteiger partial charge in [-0.15, -0.1) is 0 Å². The zero-order chi connectivity index (χ0) is 19.3. The first kappa shape index (κ1) is 16.5. The van der Waals surface area contributed by atoms with Crippen molar-refractivity contribution in [1.82, 2.24) is 9.38 Å². The summed E-state index contributed by atoms with van der Waals surface area (Å²) in [6, 6.07) is 18.0. The lowest BCUT2D eigenvalue weighted by Crippen LogP contribution is -2.14. The summed E-state index contributed by atoms with van der Waals surface area (Å²) in [7, 11) is 0. The van der Waals surface area contributed by atoms with Crippen LogP contribution in [-0.4, -0.2) is 9.38 Å². The van der Waals surface area contributed by atoms with Crippen LogP contribution in [0.2, 0.25) is 0 Å². The van der Waals surface area contributed by atoms with E-state index in [1.807, 2.05) is 61.5 Å². The second-order valence-corrected chi connectivity index (χ2v) is 6.82. The number of pyridine rings is 2. The van der Waals surface area contributed by atoms with Crippen LogP contribution < -0.4 is 5.56 Å². The first-order valence-electron chi connectivity index (χ1n) is 9.27. The van der Waals surface area contributed by atoms with Gasteiger partial charge in [0.25, 0.3) is 5.56 Å². The molecular formula is C25H18N2O. The number of allylic oxidation sites excluding steroid dienone is 1. The van der Waals surface area contributed by atoms with Crippen molar-refractivity contribution in [3.05, 3.63) is 95.1 Å². The Morgan fingerprint density at radius 1 is 0.964 bits per heavy atom. The molecule has 0 aliphatic heterocycles. The van der Waals surface area contributed by atoms with E-state index in [0.717, 1.165) is 44.2 Å². The SMILES string of the molecule is C=Cc1c(/C=C\C)c2cc(-c3ccccn3)cc3c4ccccc4c(=O)n1c23. The Morgan fingerprint density at radius 3 is 2.43 bits per heavy atom. The van der Waals surface area contributed by atoms with E-state index in [1.165, 1.54) is 0 Å². The summed E-state index contributed by atoms with van der Waals surface area (Å²) in [6.45, 7) is 5.97. The molecule has 0 bridgehead atoms. The van der Waals surface area contributed by atoms with Crippen LogP contribution >= 0.6 is 0 Å². The van der Waals surface area contributed by atoms with Gasteiger partial charge in [-0.25, -0.2) is 0 Å². The topological polar surface area (TPSA) is 34.4 Å². The third-order valence-corrected chi connectivity index (χ3v) is 5.28. The van der Waals surface area contributed by atoms with Crippen LogP contribution in [0.15, 0.2) is 78.2 Å². The Bertz CT molecular complexity index is 1440. The molecule has 0 atom stereocenters. The Hall–Kier alpha value is -3.72. The molecule has 0 fully saturated rings. The second kappa shape index (κ2) is 6.17. The normalized spacial score (nSPS) is 11.9. The maximum atomic E-state index is 13.3. The molecule has 3 aromatic heterocycles. The highest BCUT2D eigenvalue weighted by Gasteiger charge is 2.20. The van der Waals surface area contributed by atoms with Crippen molar-refractivity contribution in [1.29, 1.82) is 0 Å². The minimum atomic E-state index is -0.00987. The van der Waals surface area contributed by atoms with Crippen molar-refractivity contribution in [3.63, 3.8) is 0 Å². The monoisotopic (exact) mass is 362 g/mol. The molecule has 2 aromatic carbocycles. The van der Waals surface area contributed by atoms with E-state index in [2.05, 4.69) is 23.7 Å². The van der Waals surface area contributed by atoms with Gasteiger partial charge in [0, 0.05) is 33.5 Å². The minimum absolute atomic E-state index is 0.00987. The van der Waals surface area contributed by atoms with Crippen LogP contribution in [0.3, 0.4) is 0 Å². The lowest BCUT2D eigenvalue weighted by molar-refractivity contribution is 1.13. The van der Waals surface area contributed by atoms with Crippen LogP contribution in [0.5, 0.6) is 0 Å². The highest BCUT2D eigenvalue weighted by Crippen LogP contribution is 2.37. The molecule has 5 aromatic rings. The Kier molecular flexibility index (Phi) is 3.63. The number of rotatable bonds is 3. The van der Waals surface area contributed by atoms with Gasteiger partial charge in [0.15, 0.2) is 0 Å². The van der Waals surface area contributed by atoms with E-state index in [4.69, 9.17) is 0 Å². The maximum Gasteiger partial charge on any atom is 0.263 e. The summed E-state index contributed by atoms with van der Waals surface area (Å²) < 4.78 is 1.80. The molecule has 0 unspecified atom stereocenters. The summed E-state index contributed by atoms with van der Waals surface area (Å²) >= 11 is 0. The average molecular weight is 362 g/mol. The maximum absolute atomic E-state index is 13.3. The molecule has 0 N–H and O–H groups in total. The van der Waals surface area contributed by atoms with Crippen molar-refractivity contribution < 1.29 is 0 Å². The van der Waals surface area contributed by atoms with Gasteiger partial charge in [0.05, 0.1) is 16.9 Å². The predicted molar refractivity (Wildman–Crippen MR) is 118 cm³/mol. The smallest absolute Gasteiger partial charge is 0.263 e. The molecule has 5 rings (SSSR count).